The second kappa shape index (κ2) is 8.71. The average Bonchev–Trinajstić information content (AvgIpc) is 2.77. The fourth-order valence-electron chi connectivity index (χ4n) is 1.69. The molecule has 0 bridgehead atoms. The Bertz CT molecular complexity index is 238. The summed E-state index contributed by atoms with van der Waals surface area (Å²) in [5.41, 5.74) is 0.827. The molecule has 0 amide bonds. The fourth-order valence-corrected chi connectivity index (χ4v) is 4.70. The Morgan fingerprint density at radius 3 is 1.58 bits per heavy atom. The number of nitrogens with zero attached hydrogens (tertiary/aromatic N) is 4. The average molecular weight is 308 g/mol. The van der Waals surface area contributed by atoms with Crippen molar-refractivity contribution in [3.05, 3.63) is 0 Å². The first-order chi connectivity index (χ1) is 8.90. The van der Waals surface area contributed by atoms with Crippen LogP contribution in [-0.4, -0.2) is 99.1 Å². The summed E-state index contributed by atoms with van der Waals surface area (Å²) in [6, 6.07) is 0. The molecule has 1 saturated heterocycles. The minimum atomic E-state index is 0.413. The van der Waals surface area contributed by atoms with E-state index in [2.05, 4.69) is 67.2 Å². The highest BCUT2D eigenvalue weighted by molar-refractivity contribution is 8.77. The third-order valence-electron chi connectivity index (χ3n) is 2.99. The molecule has 0 saturated carbocycles. The molecule has 1 fully saturated rings. The molecular weight excluding hydrogens is 278 g/mol. The van der Waals surface area contributed by atoms with E-state index in [1.165, 1.54) is 0 Å². The second-order valence-electron chi connectivity index (χ2n) is 5.67. The Morgan fingerprint density at radius 2 is 1.21 bits per heavy atom. The SMILES string of the molecule is CN(C)CCN(CCN(C)C)C1NC(N(C)C)SS1. The van der Waals surface area contributed by atoms with Crippen LogP contribution in [0.25, 0.3) is 0 Å². The molecule has 19 heavy (non-hydrogen) atoms. The highest BCUT2D eigenvalue weighted by Gasteiger charge is 2.30. The lowest BCUT2D eigenvalue weighted by Gasteiger charge is -2.30. The van der Waals surface area contributed by atoms with E-state index < -0.39 is 0 Å². The van der Waals surface area contributed by atoms with Gasteiger partial charge < -0.3 is 9.80 Å². The monoisotopic (exact) mass is 307 g/mol. The maximum atomic E-state index is 3.68. The molecule has 0 aliphatic carbocycles. The molecule has 0 aromatic rings. The molecule has 1 aliphatic rings. The standard InChI is InChI=1S/C12H29N5S2/c1-14(2)7-9-17(10-8-15(3)4)12-13-11(16(5)6)18-19-12/h11-13H,7-10H2,1-6H3. The zero-order chi connectivity index (χ0) is 14.4. The lowest BCUT2D eigenvalue weighted by molar-refractivity contribution is 0.173. The summed E-state index contributed by atoms with van der Waals surface area (Å²) < 4.78 is 0. The molecule has 0 aromatic carbocycles. The van der Waals surface area contributed by atoms with E-state index in [-0.39, 0.29) is 0 Å². The Hall–Kier alpha value is 0.500. The van der Waals surface area contributed by atoms with Gasteiger partial charge in [-0.25, -0.2) is 0 Å². The van der Waals surface area contributed by atoms with Gasteiger partial charge in [-0.05, 0) is 42.3 Å². The first kappa shape index (κ1) is 17.6. The van der Waals surface area contributed by atoms with Crippen LogP contribution in [-0.2, 0) is 0 Å². The third-order valence-corrected chi connectivity index (χ3v) is 5.89. The van der Waals surface area contributed by atoms with Crippen LogP contribution >= 0.6 is 21.6 Å². The molecule has 2 atom stereocenters. The number of rotatable bonds is 8. The van der Waals surface area contributed by atoms with Crippen molar-refractivity contribution in [1.29, 1.82) is 0 Å². The molecule has 7 heteroatoms. The van der Waals surface area contributed by atoms with Gasteiger partial charge in [0.1, 0.15) is 11.0 Å². The van der Waals surface area contributed by atoms with E-state index in [0.29, 0.717) is 11.0 Å². The molecule has 0 radical (unpaired) electrons. The molecule has 1 heterocycles. The molecule has 114 valence electrons. The van der Waals surface area contributed by atoms with Crippen LogP contribution in [0.5, 0.6) is 0 Å². The number of nitrogens with one attached hydrogen (secondary N) is 1. The van der Waals surface area contributed by atoms with Crippen molar-refractivity contribution in [3.63, 3.8) is 0 Å². The Labute approximate surface area is 126 Å². The van der Waals surface area contributed by atoms with Crippen molar-refractivity contribution >= 4 is 21.6 Å². The first-order valence-electron chi connectivity index (χ1n) is 6.68. The van der Waals surface area contributed by atoms with Crippen molar-refractivity contribution in [2.75, 3.05) is 68.5 Å². The predicted molar refractivity (Wildman–Crippen MR) is 88.3 cm³/mol. The highest BCUT2D eigenvalue weighted by atomic mass is 33.1. The molecule has 0 spiro atoms. The quantitative estimate of drug-likeness (QED) is 0.653. The van der Waals surface area contributed by atoms with Crippen molar-refractivity contribution in [3.8, 4) is 0 Å². The summed E-state index contributed by atoms with van der Waals surface area (Å²) in [5, 5.41) is 3.68. The normalized spacial score (nSPS) is 24.3. The predicted octanol–water partition coefficient (Wildman–Crippen LogP) is 0.525. The van der Waals surface area contributed by atoms with Gasteiger partial charge in [-0.3, -0.25) is 15.1 Å². The largest absolute Gasteiger partial charge is 0.308 e. The third kappa shape index (κ3) is 6.66. The number of likely N-dealkylation sites (N-methyl/N-ethyl adjacent to an activating group) is 2. The van der Waals surface area contributed by atoms with E-state index in [1.54, 1.807) is 0 Å². The summed E-state index contributed by atoms with van der Waals surface area (Å²) in [7, 11) is 16.6. The van der Waals surface area contributed by atoms with Gasteiger partial charge in [-0.2, -0.15) is 0 Å². The van der Waals surface area contributed by atoms with E-state index in [9.17, 15) is 0 Å². The van der Waals surface area contributed by atoms with Crippen LogP contribution in [0.15, 0.2) is 0 Å². The van der Waals surface area contributed by atoms with Gasteiger partial charge in [0.25, 0.3) is 0 Å². The highest BCUT2D eigenvalue weighted by Crippen LogP contribution is 2.38. The summed E-state index contributed by atoms with van der Waals surface area (Å²) in [6.45, 7) is 4.41. The zero-order valence-electron chi connectivity index (χ0n) is 13.1. The van der Waals surface area contributed by atoms with E-state index in [4.69, 9.17) is 0 Å². The van der Waals surface area contributed by atoms with Crippen LogP contribution in [0.4, 0.5) is 0 Å². The molecule has 1 aliphatic heterocycles. The molecule has 2 unspecified atom stereocenters. The van der Waals surface area contributed by atoms with Gasteiger partial charge in [-0.1, -0.05) is 21.6 Å². The van der Waals surface area contributed by atoms with Crippen molar-refractivity contribution < 1.29 is 0 Å². The van der Waals surface area contributed by atoms with Gasteiger partial charge in [0.15, 0.2) is 0 Å². The minimum Gasteiger partial charge on any atom is -0.308 e. The van der Waals surface area contributed by atoms with Crippen molar-refractivity contribution in [2.45, 2.75) is 11.0 Å². The van der Waals surface area contributed by atoms with Crippen LogP contribution in [0.3, 0.4) is 0 Å². The lowest BCUT2D eigenvalue weighted by Crippen LogP contribution is -2.49. The molecule has 1 N–H and O–H groups in total. The summed E-state index contributed by atoms with van der Waals surface area (Å²) in [4.78, 5) is 9.27. The Kier molecular flexibility index (Phi) is 8.05. The summed E-state index contributed by atoms with van der Waals surface area (Å²) in [5.74, 6) is 0. The molecule has 5 nitrogen and oxygen atoms in total. The van der Waals surface area contributed by atoms with Gasteiger partial charge in [0, 0.05) is 26.2 Å². The van der Waals surface area contributed by atoms with Gasteiger partial charge >= 0.3 is 0 Å². The van der Waals surface area contributed by atoms with Crippen LogP contribution in [0.1, 0.15) is 0 Å². The summed E-state index contributed by atoms with van der Waals surface area (Å²) >= 11 is 0. The first-order valence-corrected chi connectivity index (χ1v) is 8.96. The topological polar surface area (TPSA) is 25.0 Å². The van der Waals surface area contributed by atoms with Crippen LogP contribution < -0.4 is 5.32 Å². The Balaban J connectivity index is 2.47. The van der Waals surface area contributed by atoms with Gasteiger partial charge in [0.2, 0.25) is 0 Å². The minimum absolute atomic E-state index is 0.413. The van der Waals surface area contributed by atoms with E-state index in [0.717, 1.165) is 26.2 Å². The van der Waals surface area contributed by atoms with Gasteiger partial charge in [-0.15, -0.1) is 0 Å². The van der Waals surface area contributed by atoms with Crippen LogP contribution in [0, 0.1) is 0 Å². The fraction of sp³-hybridized carbons (Fsp3) is 1.00. The second-order valence-corrected chi connectivity index (χ2v) is 8.10. The maximum Gasteiger partial charge on any atom is 0.120 e. The smallest absolute Gasteiger partial charge is 0.120 e. The Morgan fingerprint density at radius 1 is 0.737 bits per heavy atom. The van der Waals surface area contributed by atoms with E-state index >= 15 is 0 Å². The lowest BCUT2D eigenvalue weighted by atomic mass is 10.4. The van der Waals surface area contributed by atoms with Crippen LogP contribution in [0.2, 0.25) is 0 Å². The van der Waals surface area contributed by atoms with Crippen molar-refractivity contribution in [2.24, 2.45) is 0 Å². The van der Waals surface area contributed by atoms with Crippen molar-refractivity contribution in [1.82, 2.24) is 24.9 Å². The molecular formula is C12H29N5S2. The summed E-state index contributed by atoms with van der Waals surface area (Å²) in [6.07, 6.45) is 0. The molecule has 1 rings (SSSR count). The van der Waals surface area contributed by atoms with Gasteiger partial charge in [0.05, 0.1) is 0 Å². The molecule has 0 aromatic heterocycles. The zero-order valence-corrected chi connectivity index (χ0v) is 14.7. The number of hydrogen-bond donors (Lipinski definition) is 1. The number of hydrogen-bond acceptors (Lipinski definition) is 7. The van der Waals surface area contributed by atoms with E-state index in [1.807, 2.05) is 21.6 Å². The maximum absolute atomic E-state index is 3.68.